The van der Waals surface area contributed by atoms with Crippen LogP contribution in [0.2, 0.25) is 10.3 Å². The van der Waals surface area contributed by atoms with Crippen LogP contribution in [0, 0.1) is 0 Å². The van der Waals surface area contributed by atoms with E-state index in [0.29, 0.717) is 64.1 Å². The third-order valence-electron chi connectivity index (χ3n) is 10.4. The molecule has 0 bridgehead atoms. The van der Waals surface area contributed by atoms with E-state index in [0.717, 1.165) is 75.3 Å². The molecule has 414 valence electrons. The van der Waals surface area contributed by atoms with Crippen LogP contribution in [0.15, 0.2) is 58.5 Å². The SMILES string of the molecule is NC(=NCCCCc1ccc(OCCOCCOC(=O)NCCCCCCNC(=O)OCCOCCOc2ccc(CCCCN=C(N)NC(=O)c3nc(Cl)c(N)nc3N)cc2)cc1)NC(=O)c1nc(Cl)c(N)nc1N. The van der Waals surface area contributed by atoms with E-state index in [-0.39, 0.29) is 83.3 Å². The topological polar surface area (TPSA) is 404 Å². The summed E-state index contributed by atoms with van der Waals surface area (Å²) in [7, 11) is 0. The maximum absolute atomic E-state index is 12.3. The third-order valence-corrected chi connectivity index (χ3v) is 11.0. The second kappa shape index (κ2) is 34.7. The number of amides is 4. The van der Waals surface area contributed by atoms with Gasteiger partial charge >= 0.3 is 12.2 Å². The number of carbonyl (C=O) groups excluding carboxylic acids is 4. The highest BCUT2D eigenvalue weighted by molar-refractivity contribution is 6.32. The standard InChI is InChI=1S/C48H68Cl2N16O10/c49-37-41(53)63-39(51)35(61-37)43(67)65-45(55)57-19-7-3-9-31-11-15-33(16-12-31)73-27-23-71-25-29-75-47(69)59-21-5-1-2-6-22-60-48(70)76-30-26-72-24-28-74-34-17-13-32(14-18-34)10-4-8-20-58-46(56)66-44(68)36-40(52)64-42(54)38(50)62-36/h11-18H,1-10,19-30H2,(H,59,69)(H,60,70)(H4,51,53,63)(H4,52,54,64)(H3,55,57,65,67)(H3,56,58,66,68). The number of nitrogens with two attached hydrogens (primary N) is 6. The van der Waals surface area contributed by atoms with Crippen LogP contribution in [0.3, 0.4) is 0 Å². The molecule has 4 rings (SSSR count). The summed E-state index contributed by atoms with van der Waals surface area (Å²) in [5.74, 6) is -0.631. The molecule has 4 aromatic rings. The maximum atomic E-state index is 12.3. The average molecular weight is 1100 g/mol. The number of nitrogens with one attached hydrogen (secondary N) is 4. The van der Waals surface area contributed by atoms with Gasteiger partial charge in [-0.1, -0.05) is 60.3 Å². The van der Waals surface area contributed by atoms with E-state index in [1.54, 1.807) is 0 Å². The number of carbonyl (C=O) groups is 4. The van der Waals surface area contributed by atoms with Gasteiger partial charge in [0.15, 0.2) is 56.9 Å². The first kappa shape index (κ1) is 60.9. The van der Waals surface area contributed by atoms with Crippen LogP contribution < -0.4 is 65.1 Å². The van der Waals surface area contributed by atoms with Crippen molar-refractivity contribution in [3.8, 4) is 11.5 Å². The van der Waals surface area contributed by atoms with E-state index >= 15 is 0 Å². The van der Waals surface area contributed by atoms with Gasteiger partial charge in [-0.2, -0.15) is 0 Å². The van der Waals surface area contributed by atoms with Crippen LogP contribution in [0.25, 0.3) is 0 Å². The Morgan fingerprint density at radius 1 is 0.474 bits per heavy atom. The Labute approximate surface area is 450 Å². The summed E-state index contributed by atoms with van der Waals surface area (Å²) in [6.07, 6.45) is 7.06. The predicted octanol–water partition coefficient (Wildman–Crippen LogP) is 3.54. The summed E-state index contributed by atoms with van der Waals surface area (Å²) in [5, 5.41) is 9.97. The fraction of sp³-hybridized carbons (Fsp3) is 0.458. The van der Waals surface area contributed by atoms with Crippen molar-refractivity contribution in [1.29, 1.82) is 0 Å². The summed E-state index contributed by atoms with van der Waals surface area (Å²) in [6.45, 7) is 3.78. The Kier molecular flexibility index (Phi) is 27.8. The van der Waals surface area contributed by atoms with Crippen molar-refractivity contribution in [2.24, 2.45) is 21.5 Å². The number of hydrogen-bond acceptors (Lipinski definition) is 20. The molecule has 0 aliphatic heterocycles. The first-order valence-electron chi connectivity index (χ1n) is 24.5. The largest absolute Gasteiger partial charge is 0.491 e. The summed E-state index contributed by atoms with van der Waals surface area (Å²) < 4.78 is 32.8. The molecule has 0 radical (unpaired) electrons. The molecule has 0 saturated carbocycles. The quantitative estimate of drug-likeness (QED) is 0.0185. The fourth-order valence-electron chi connectivity index (χ4n) is 6.55. The van der Waals surface area contributed by atoms with Crippen LogP contribution >= 0.6 is 23.2 Å². The lowest BCUT2D eigenvalue weighted by molar-refractivity contribution is 0.0576. The molecular weight excluding hydrogens is 1030 g/mol. The fourth-order valence-corrected chi connectivity index (χ4v) is 6.80. The van der Waals surface area contributed by atoms with Crippen molar-refractivity contribution >= 4 is 82.4 Å². The second-order valence-corrected chi connectivity index (χ2v) is 17.1. The number of nitrogen functional groups attached to an aromatic ring is 4. The lowest BCUT2D eigenvalue weighted by Gasteiger charge is -2.10. The molecule has 0 unspecified atom stereocenters. The van der Waals surface area contributed by atoms with Crippen LogP contribution in [0.4, 0.5) is 32.9 Å². The normalized spacial score (nSPS) is 11.4. The number of unbranched alkanes of at least 4 members (excludes halogenated alkanes) is 5. The molecule has 0 spiro atoms. The molecular formula is C48H68Cl2N16O10. The number of hydrogen-bond donors (Lipinski definition) is 10. The number of nitrogens with zero attached hydrogens (tertiary/aromatic N) is 6. The van der Waals surface area contributed by atoms with E-state index in [4.69, 9.17) is 86.0 Å². The molecule has 0 fully saturated rings. The molecule has 0 aliphatic carbocycles. The Morgan fingerprint density at radius 2 is 0.855 bits per heavy atom. The number of guanidine groups is 2. The number of rotatable bonds is 33. The van der Waals surface area contributed by atoms with E-state index in [2.05, 4.69) is 51.2 Å². The molecule has 0 saturated heterocycles. The predicted molar refractivity (Wildman–Crippen MR) is 288 cm³/mol. The zero-order valence-corrected chi connectivity index (χ0v) is 43.7. The maximum Gasteiger partial charge on any atom is 0.407 e. The van der Waals surface area contributed by atoms with E-state index in [9.17, 15) is 19.2 Å². The number of halogens is 2. The molecule has 26 nitrogen and oxygen atoms in total. The molecule has 0 atom stereocenters. The Balaban J connectivity index is 0.870. The van der Waals surface area contributed by atoms with Gasteiger partial charge in [0.1, 0.15) is 37.9 Å². The lowest BCUT2D eigenvalue weighted by Crippen LogP contribution is -2.38. The third kappa shape index (κ3) is 24.6. The smallest absolute Gasteiger partial charge is 0.407 e. The van der Waals surface area contributed by atoms with Gasteiger partial charge in [-0.3, -0.25) is 30.2 Å². The van der Waals surface area contributed by atoms with Gasteiger partial charge in [-0.15, -0.1) is 0 Å². The number of anilines is 4. The molecule has 2 aromatic heterocycles. The summed E-state index contributed by atoms with van der Waals surface area (Å²) >= 11 is 11.6. The summed E-state index contributed by atoms with van der Waals surface area (Å²) in [5.41, 5.74) is 35.9. The van der Waals surface area contributed by atoms with Crippen molar-refractivity contribution < 1.29 is 47.6 Å². The average Bonchev–Trinajstić information content (AvgIpc) is 3.39. The van der Waals surface area contributed by atoms with E-state index < -0.39 is 24.0 Å². The van der Waals surface area contributed by atoms with Crippen molar-refractivity contribution in [1.82, 2.24) is 41.2 Å². The minimum absolute atomic E-state index is 0.0764. The monoisotopic (exact) mass is 1100 g/mol. The van der Waals surface area contributed by atoms with Crippen molar-refractivity contribution in [3.05, 3.63) is 81.4 Å². The Hall–Kier alpha value is -7.68. The van der Waals surface area contributed by atoms with Crippen LogP contribution in [-0.4, -0.2) is 135 Å². The minimum Gasteiger partial charge on any atom is -0.491 e. The Bertz CT molecular complexity index is 2340. The van der Waals surface area contributed by atoms with Crippen molar-refractivity contribution in [2.45, 2.75) is 64.2 Å². The lowest BCUT2D eigenvalue weighted by atomic mass is 10.1. The zero-order valence-electron chi connectivity index (χ0n) is 42.2. The molecule has 28 heteroatoms. The number of aromatic nitrogens is 4. The number of aliphatic imine (C=N–C) groups is 2. The van der Waals surface area contributed by atoms with Gasteiger partial charge in [0.05, 0.1) is 26.4 Å². The summed E-state index contributed by atoms with van der Waals surface area (Å²) in [6, 6.07) is 15.5. The molecule has 0 aliphatic rings. The number of ether oxygens (including phenoxy) is 6. The molecule has 76 heavy (non-hydrogen) atoms. The first-order chi connectivity index (χ1) is 36.7. The minimum atomic E-state index is -0.692. The Morgan fingerprint density at radius 3 is 1.25 bits per heavy atom. The van der Waals surface area contributed by atoms with E-state index in [1.165, 1.54) is 0 Å². The van der Waals surface area contributed by atoms with Crippen molar-refractivity contribution in [2.75, 3.05) is 102 Å². The van der Waals surface area contributed by atoms with Gasteiger partial charge in [-0.05, 0) is 86.8 Å². The second-order valence-electron chi connectivity index (χ2n) is 16.4. The zero-order chi connectivity index (χ0) is 54.9. The number of benzene rings is 2. The van der Waals surface area contributed by atoms with E-state index in [1.807, 2.05) is 48.5 Å². The molecule has 2 heterocycles. The first-order valence-corrected chi connectivity index (χ1v) is 25.2. The van der Waals surface area contributed by atoms with Gasteiger partial charge < -0.3 is 73.5 Å². The number of alkyl carbamates (subject to hydrolysis) is 2. The van der Waals surface area contributed by atoms with Gasteiger partial charge in [0.2, 0.25) is 0 Å². The molecule has 4 amide bonds. The van der Waals surface area contributed by atoms with Crippen LogP contribution in [0.5, 0.6) is 11.5 Å². The van der Waals surface area contributed by atoms with Crippen LogP contribution in [0.1, 0.15) is 83.5 Å². The molecule has 16 N–H and O–H groups in total. The molecule has 2 aromatic carbocycles. The summed E-state index contributed by atoms with van der Waals surface area (Å²) in [4.78, 5) is 72.2. The van der Waals surface area contributed by atoms with Crippen LogP contribution in [-0.2, 0) is 31.8 Å². The number of aryl methyl sites for hydroxylation is 2. The van der Waals surface area contributed by atoms with Gasteiger partial charge in [-0.25, -0.2) is 29.5 Å². The van der Waals surface area contributed by atoms with Gasteiger partial charge in [0.25, 0.3) is 11.8 Å². The highest BCUT2D eigenvalue weighted by Gasteiger charge is 2.18. The highest BCUT2D eigenvalue weighted by atomic mass is 35.5. The van der Waals surface area contributed by atoms with Crippen molar-refractivity contribution in [3.63, 3.8) is 0 Å². The van der Waals surface area contributed by atoms with Gasteiger partial charge in [0, 0.05) is 26.2 Å². The highest BCUT2D eigenvalue weighted by Crippen LogP contribution is 2.19.